The topological polar surface area (TPSA) is 8.17 Å². The number of anilines is 3. The molecule has 294 valence electrons. The van der Waals surface area contributed by atoms with Gasteiger partial charge < -0.3 is 9.47 Å². The Bertz CT molecular complexity index is 3460. The van der Waals surface area contributed by atoms with Crippen LogP contribution in [0.3, 0.4) is 0 Å². The van der Waals surface area contributed by atoms with Crippen molar-refractivity contribution in [2.75, 3.05) is 4.90 Å². The third-order valence-electron chi connectivity index (χ3n) is 13.6. The summed E-state index contributed by atoms with van der Waals surface area (Å²) in [6.45, 7) is 0. The van der Waals surface area contributed by atoms with Gasteiger partial charge in [-0.1, -0.05) is 194 Å². The van der Waals surface area contributed by atoms with Crippen molar-refractivity contribution in [2.45, 2.75) is 5.41 Å². The second kappa shape index (κ2) is 13.9. The predicted molar refractivity (Wildman–Crippen MR) is 263 cm³/mol. The van der Waals surface area contributed by atoms with Crippen LogP contribution in [0.25, 0.3) is 72.0 Å². The summed E-state index contributed by atoms with van der Waals surface area (Å²) < 4.78 is 2.42. The van der Waals surface area contributed by atoms with E-state index >= 15 is 0 Å². The average molecular weight is 801 g/mol. The number of hydrogen-bond donors (Lipinski definition) is 0. The van der Waals surface area contributed by atoms with Crippen LogP contribution in [0.15, 0.2) is 243 Å². The number of fused-ring (bicyclic) bond motifs is 13. The molecule has 0 atom stereocenters. The summed E-state index contributed by atoms with van der Waals surface area (Å²) in [5, 5.41) is 2.52. The number of para-hydroxylation sites is 3. The fourth-order valence-electron chi connectivity index (χ4n) is 11.1. The van der Waals surface area contributed by atoms with Crippen LogP contribution in [-0.4, -0.2) is 4.57 Å². The number of benzene rings is 10. The van der Waals surface area contributed by atoms with E-state index in [2.05, 4.69) is 252 Å². The van der Waals surface area contributed by atoms with E-state index in [1.807, 2.05) is 0 Å². The van der Waals surface area contributed by atoms with E-state index in [-0.39, 0.29) is 0 Å². The van der Waals surface area contributed by atoms with Crippen LogP contribution in [0.2, 0.25) is 0 Å². The minimum Gasteiger partial charge on any atom is -0.310 e. The Hall–Kier alpha value is -8.20. The summed E-state index contributed by atoms with van der Waals surface area (Å²) >= 11 is 0. The number of nitrogens with zero attached hydrogens (tertiary/aromatic N) is 2. The molecule has 0 unspecified atom stereocenters. The summed E-state index contributed by atoms with van der Waals surface area (Å²) in [6, 6.07) is 89.4. The first-order valence-corrected chi connectivity index (χ1v) is 21.9. The molecule has 0 saturated heterocycles. The third-order valence-corrected chi connectivity index (χ3v) is 13.6. The summed E-state index contributed by atoms with van der Waals surface area (Å²) in [6.07, 6.45) is 0. The standard InChI is InChI=1S/C61H40N2/c1-2-17-41(18-3-1)42-33-37-44(38-34-42)62(45-39-35-43(36-40-45)46-19-7-13-29-56(46)63-57-30-14-8-22-49(57)50-23-9-15-31-58(50)63)59-32-16-28-55-60(59)51-24-6-12-27-54(51)61(55)52-25-10-4-20-47(52)48-21-5-11-26-53(48)61/h1-40H. The zero-order valence-corrected chi connectivity index (χ0v) is 34.5. The Kier molecular flexibility index (Phi) is 7.85. The maximum absolute atomic E-state index is 2.47. The first-order valence-electron chi connectivity index (χ1n) is 21.9. The molecular weight excluding hydrogens is 761 g/mol. The molecular formula is C61H40N2. The summed E-state index contributed by atoms with van der Waals surface area (Å²) in [5.74, 6) is 0. The highest BCUT2D eigenvalue weighted by Crippen LogP contribution is 2.64. The van der Waals surface area contributed by atoms with Crippen molar-refractivity contribution in [1.29, 1.82) is 0 Å². The van der Waals surface area contributed by atoms with E-state index in [1.54, 1.807) is 0 Å². The molecule has 11 aromatic rings. The Morgan fingerprint density at radius 3 is 1.37 bits per heavy atom. The van der Waals surface area contributed by atoms with E-state index in [9.17, 15) is 0 Å². The molecule has 2 aliphatic rings. The van der Waals surface area contributed by atoms with Crippen molar-refractivity contribution in [2.24, 2.45) is 0 Å². The summed E-state index contributed by atoms with van der Waals surface area (Å²) in [5.41, 5.74) is 21.8. The van der Waals surface area contributed by atoms with Crippen LogP contribution in [0.1, 0.15) is 22.3 Å². The minimum atomic E-state index is -0.432. The Morgan fingerprint density at radius 1 is 0.302 bits per heavy atom. The molecule has 0 fully saturated rings. The van der Waals surface area contributed by atoms with Gasteiger partial charge in [0.05, 0.1) is 27.8 Å². The predicted octanol–water partition coefficient (Wildman–Crippen LogP) is 15.9. The van der Waals surface area contributed by atoms with Gasteiger partial charge in [0.15, 0.2) is 0 Å². The first-order chi connectivity index (χ1) is 31.3. The molecule has 1 spiro atoms. The van der Waals surface area contributed by atoms with Crippen LogP contribution in [0.5, 0.6) is 0 Å². The van der Waals surface area contributed by atoms with Crippen molar-refractivity contribution >= 4 is 38.9 Å². The van der Waals surface area contributed by atoms with E-state index in [0.717, 1.165) is 28.3 Å². The molecule has 0 radical (unpaired) electrons. The number of aromatic nitrogens is 1. The molecule has 0 N–H and O–H groups in total. The molecule has 13 rings (SSSR count). The first kappa shape index (κ1) is 35.5. The quantitative estimate of drug-likeness (QED) is 0.163. The lowest BCUT2D eigenvalue weighted by molar-refractivity contribution is 0.794. The average Bonchev–Trinajstić information content (AvgIpc) is 3.97. The monoisotopic (exact) mass is 800 g/mol. The molecule has 0 amide bonds. The normalized spacial score (nSPS) is 12.9. The molecule has 0 aliphatic heterocycles. The molecule has 1 aromatic heterocycles. The van der Waals surface area contributed by atoms with Crippen molar-refractivity contribution in [3.63, 3.8) is 0 Å². The highest BCUT2D eigenvalue weighted by Gasteiger charge is 2.52. The van der Waals surface area contributed by atoms with Crippen LogP contribution >= 0.6 is 0 Å². The second-order valence-corrected chi connectivity index (χ2v) is 16.8. The minimum absolute atomic E-state index is 0.432. The van der Waals surface area contributed by atoms with Gasteiger partial charge in [-0.25, -0.2) is 0 Å². The zero-order valence-electron chi connectivity index (χ0n) is 34.5. The molecule has 2 nitrogen and oxygen atoms in total. The molecule has 63 heavy (non-hydrogen) atoms. The van der Waals surface area contributed by atoms with Gasteiger partial charge in [-0.15, -0.1) is 0 Å². The van der Waals surface area contributed by atoms with Gasteiger partial charge >= 0.3 is 0 Å². The van der Waals surface area contributed by atoms with Gasteiger partial charge in [0.2, 0.25) is 0 Å². The molecule has 1 heterocycles. The van der Waals surface area contributed by atoms with E-state index < -0.39 is 5.41 Å². The van der Waals surface area contributed by atoms with Crippen LogP contribution in [0, 0.1) is 0 Å². The van der Waals surface area contributed by atoms with Gasteiger partial charge in [-0.05, 0) is 104 Å². The van der Waals surface area contributed by atoms with Crippen molar-refractivity contribution < 1.29 is 0 Å². The van der Waals surface area contributed by atoms with Gasteiger partial charge in [0.1, 0.15) is 0 Å². The molecule has 10 aromatic carbocycles. The molecule has 0 bridgehead atoms. The van der Waals surface area contributed by atoms with E-state index in [1.165, 1.54) is 83.0 Å². The Balaban J connectivity index is 1.01. The molecule has 0 saturated carbocycles. The number of hydrogen-bond acceptors (Lipinski definition) is 1. The van der Waals surface area contributed by atoms with Crippen molar-refractivity contribution in [1.82, 2.24) is 4.57 Å². The summed E-state index contributed by atoms with van der Waals surface area (Å²) in [7, 11) is 0. The highest BCUT2D eigenvalue weighted by atomic mass is 15.1. The van der Waals surface area contributed by atoms with Gasteiger partial charge in [-0.3, -0.25) is 0 Å². The van der Waals surface area contributed by atoms with Crippen LogP contribution < -0.4 is 4.90 Å². The molecule has 2 heteroatoms. The third kappa shape index (κ3) is 5.13. The fraction of sp³-hybridized carbons (Fsp3) is 0.0164. The van der Waals surface area contributed by atoms with Crippen LogP contribution in [0.4, 0.5) is 17.1 Å². The maximum Gasteiger partial charge on any atom is 0.0726 e. The lowest BCUT2D eigenvalue weighted by atomic mass is 9.70. The largest absolute Gasteiger partial charge is 0.310 e. The second-order valence-electron chi connectivity index (χ2n) is 16.8. The van der Waals surface area contributed by atoms with Crippen molar-refractivity contribution in [3.8, 4) is 50.2 Å². The van der Waals surface area contributed by atoms with Crippen molar-refractivity contribution in [3.05, 3.63) is 265 Å². The van der Waals surface area contributed by atoms with E-state index in [4.69, 9.17) is 0 Å². The zero-order chi connectivity index (χ0) is 41.5. The maximum atomic E-state index is 2.47. The van der Waals surface area contributed by atoms with Gasteiger partial charge in [-0.2, -0.15) is 0 Å². The van der Waals surface area contributed by atoms with Gasteiger partial charge in [0, 0.05) is 33.3 Å². The Morgan fingerprint density at radius 2 is 0.746 bits per heavy atom. The SMILES string of the molecule is c1ccc(-c2ccc(N(c3ccc(-c4ccccc4-n4c5ccccc5c5ccccc54)cc3)c3cccc4c3-c3ccccc3C43c4ccccc4-c4ccccc43)cc2)cc1. The number of rotatable bonds is 6. The lowest BCUT2D eigenvalue weighted by Gasteiger charge is -2.32. The highest BCUT2D eigenvalue weighted by molar-refractivity contribution is 6.10. The summed E-state index contributed by atoms with van der Waals surface area (Å²) in [4.78, 5) is 2.47. The Labute approximate surface area is 367 Å². The van der Waals surface area contributed by atoms with Gasteiger partial charge in [0.25, 0.3) is 0 Å². The van der Waals surface area contributed by atoms with E-state index in [0.29, 0.717) is 0 Å². The lowest BCUT2D eigenvalue weighted by Crippen LogP contribution is -2.26. The smallest absolute Gasteiger partial charge is 0.0726 e. The molecule has 2 aliphatic carbocycles. The fourth-order valence-corrected chi connectivity index (χ4v) is 11.1. The van der Waals surface area contributed by atoms with Crippen LogP contribution in [-0.2, 0) is 5.41 Å².